The van der Waals surface area contributed by atoms with Crippen molar-refractivity contribution in [2.45, 2.75) is 50.4 Å². The minimum absolute atomic E-state index is 0. The third-order valence-corrected chi connectivity index (χ3v) is 13.4. The number of aromatic nitrogens is 6. The molecule has 10 rings (SSSR count). The van der Waals surface area contributed by atoms with Crippen molar-refractivity contribution in [2.24, 2.45) is 23.7 Å². The number of hydrogen-bond acceptors (Lipinski definition) is 6. The van der Waals surface area contributed by atoms with Gasteiger partial charge in [0, 0.05) is 65.5 Å². The molecule has 4 aromatic carbocycles. The topological polar surface area (TPSA) is 107 Å². The summed E-state index contributed by atoms with van der Waals surface area (Å²) >= 11 is 0. The Balaban J connectivity index is 0.000000186. The first kappa shape index (κ1) is 40.9. The first-order valence-corrected chi connectivity index (χ1v) is 20.0. The molecule has 3 radical (unpaired) electrons. The van der Waals surface area contributed by atoms with Crippen LogP contribution >= 0.6 is 0 Å². The number of likely N-dealkylation sites (tertiary alicyclic amines) is 2. The van der Waals surface area contributed by atoms with Gasteiger partial charge in [-0.3, -0.25) is 4.79 Å². The number of amides is 1. The monoisotopic (exact) mass is 765 g/mol. The Bertz CT molecular complexity index is 2220. The summed E-state index contributed by atoms with van der Waals surface area (Å²) in [5.74, 6) is 2.46. The molecule has 4 heterocycles. The average Bonchev–Trinajstić information content (AvgIpc) is 3.77. The van der Waals surface area contributed by atoms with Gasteiger partial charge in [0.15, 0.2) is 0 Å². The molecule has 57 heavy (non-hydrogen) atoms. The molecule has 5 unspecified atom stereocenters. The van der Waals surface area contributed by atoms with Crippen LogP contribution in [0.3, 0.4) is 0 Å². The van der Waals surface area contributed by atoms with Crippen LogP contribution in [0.25, 0.3) is 22.5 Å². The molecule has 4 aliphatic rings. The van der Waals surface area contributed by atoms with Crippen LogP contribution in [0.15, 0.2) is 122 Å². The van der Waals surface area contributed by atoms with Gasteiger partial charge in [0.2, 0.25) is 5.91 Å². The molecule has 0 bridgehead atoms. The van der Waals surface area contributed by atoms with Gasteiger partial charge in [0.25, 0.3) is 0 Å². The Labute approximate surface area is 360 Å². The van der Waals surface area contributed by atoms with Crippen molar-refractivity contribution in [1.82, 2.24) is 40.6 Å². The smallest absolute Gasteiger partial charge is 1.00 e. The standard InChI is InChI=1S/C23H24N4O.C23H26N4.Al.Li.H/c1-23(18-11-5-10-17(13-18)20-14-24-26-25-20)19-15-27(22(28)21(19)23)12-6-9-16-7-3-2-4-8-16;1-23(19-11-5-10-18(13-19)22-14-24-26-25-22)20-15-27(16-21(20)23)12-6-9-17-7-3-2-4-8-17;;;/h2-5,7-8,10-11,13-14,19,21H,6,9,12,15H2,1H3,(H,24,25,26);2-5,7-8,10-11,13-14,20-21H,6,9,12,15-16H2,1H3,(H,24,25,26);;;/q;;;+1;-1. The molecule has 0 spiro atoms. The Morgan fingerprint density at radius 3 is 1.63 bits per heavy atom. The molecule has 2 aliphatic carbocycles. The van der Waals surface area contributed by atoms with Crippen molar-refractivity contribution >= 4 is 23.3 Å². The summed E-state index contributed by atoms with van der Waals surface area (Å²) in [6, 6.07) is 38.7. The maximum absolute atomic E-state index is 13.0. The molecule has 2 saturated carbocycles. The number of rotatable bonds is 12. The molecular formula is C46H51AlLiN8O. The van der Waals surface area contributed by atoms with E-state index >= 15 is 0 Å². The predicted molar refractivity (Wildman–Crippen MR) is 222 cm³/mol. The molecule has 11 heteroatoms. The fourth-order valence-corrected chi connectivity index (χ4v) is 10.00. The molecule has 285 valence electrons. The zero-order valence-electron chi connectivity index (χ0n) is 34.4. The molecule has 6 aromatic rings. The number of aromatic amines is 2. The zero-order chi connectivity index (χ0) is 37.4. The Morgan fingerprint density at radius 2 is 1.16 bits per heavy atom. The van der Waals surface area contributed by atoms with E-state index in [0.717, 1.165) is 60.3 Å². The first-order valence-electron chi connectivity index (χ1n) is 20.0. The van der Waals surface area contributed by atoms with Gasteiger partial charge < -0.3 is 11.2 Å². The summed E-state index contributed by atoms with van der Waals surface area (Å²) in [6.07, 6.45) is 8.01. The third-order valence-electron chi connectivity index (χ3n) is 13.4. The Kier molecular flexibility index (Phi) is 12.4. The molecular weight excluding hydrogens is 714 g/mol. The van der Waals surface area contributed by atoms with Crippen LogP contribution in [0.4, 0.5) is 0 Å². The number of hydrogen-bond donors (Lipinski definition) is 2. The number of nitrogens with one attached hydrogen (secondary N) is 2. The van der Waals surface area contributed by atoms with E-state index in [1.807, 2.05) is 12.1 Å². The molecule has 2 aromatic heterocycles. The number of fused-ring (bicyclic) bond motifs is 2. The van der Waals surface area contributed by atoms with Crippen molar-refractivity contribution in [1.29, 1.82) is 0 Å². The summed E-state index contributed by atoms with van der Waals surface area (Å²) in [5.41, 5.74) is 9.74. The maximum atomic E-state index is 13.0. The van der Waals surface area contributed by atoms with Gasteiger partial charge in [0.05, 0.1) is 18.3 Å². The van der Waals surface area contributed by atoms with Crippen LogP contribution in [-0.2, 0) is 28.5 Å². The number of piperidine rings is 2. The van der Waals surface area contributed by atoms with Crippen molar-refractivity contribution in [2.75, 3.05) is 32.7 Å². The molecule has 1 amide bonds. The number of benzene rings is 4. The van der Waals surface area contributed by atoms with E-state index in [2.05, 4.69) is 152 Å². The fraction of sp³-hybridized carbons (Fsp3) is 0.370. The van der Waals surface area contributed by atoms with E-state index in [-0.39, 0.29) is 49.0 Å². The van der Waals surface area contributed by atoms with Crippen LogP contribution in [0.2, 0.25) is 0 Å². The largest absolute Gasteiger partial charge is 1.00 e. The Morgan fingerprint density at radius 1 is 0.649 bits per heavy atom. The van der Waals surface area contributed by atoms with E-state index in [1.54, 1.807) is 12.4 Å². The van der Waals surface area contributed by atoms with E-state index in [1.165, 1.54) is 54.7 Å². The van der Waals surface area contributed by atoms with Crippen LogP contribution in [0.1, 0.15) is 50.4 Å². The van der Waals surface area contributed by atoms with Crippen LogP contribution in [-0.4, -0.2) is 96.6 Å². The molecule has 4 fully saturated rings. The summed E-state index contributed by atoms with van der Waals surface area (Å²) in [4.78, 5) is 17.7. The van der Waals surface area contributed by atoms with Gasteiger partial charge in [-0.25, -0.2) is 0 Å². The second-order valence-corrected chi connectivity index (χ2v) is 16.5. The second-order valence-electron chi connectivity index (χ2n) is 16.5. The zero-order valence-corrected chi connectivity index (χ0v) is 34.5. The summed E-state index contributed by atoms with van der Waals surface area (Å²) in [6.45, 7) is 10.1. The molecule has 2 saturated heterocycles. The van der Waals surface area contributed by atoms with Crippen molar-refractivity contribution in [3.05, 3.63) is 144 Å². The number of carbonyl (C=O) groups is 1. The minimum atomic E-state index is -0.0489. The van der Waals surface area contributed by atoms with Gasteiger partial charge in [-0.15, -0.1) is 0 Å². The third kappa shape index (κ3) is 8.09. The summed E-state index contributed by atoms with van der Waals surface area (Å²) < 4.78 is 0. The second kappa shape index (κ2) is 17.3. The molecule has 2 aliphatic heterocycles. The fourth-order valence-electron chi connectivity index (χ4n) is 10.00. The van der Waals surface area contributed by atoms with Crippen LogP contribution in [0, 0.1) is 23.7 Å². The maximum Gasteiger partial charge on any atom is 1.00 e. The molecule has 5 atom stereocenters. The van der Waals surface area contributed by atoms with E-state index in [0.29, 0.717) is 17.2 Å². The SMILES string of the molecule is CC1(c2cccc(-c3cn[nH]n3)c2)C2CN(CCCc3ccccc3)C(=O)C21.CC1(c2cccc(-c3cn[nH]n3)c2)C2CN(CCCc3ccccc3)CC21.[Al].[H-].[Li+]. The number of H-pyrrole nitrogens is 2. The first-order chi connectivity index (χ1) is 26.9. The summed E-state index contributed by atoms with van der Waals surface area (Å²) in [5, 5.41) is 21.6. The van der Waals surface area contributed by atoms with E-state index < -0.39 is 0 Å². The van der Waals surface area contributed by atoms with E-state index in [4.69, 9.17) is 0 Å². The minimum Gasteiger partial charge on any atom is -1.00 e. The van der Waals surface area contributed by atoms with Crippen molar-refractivity contribution in [3.8, 4) is 22.5 Å². The van der Waals surface area contributed by atoms with E-state index in [9.17, 15) is 4.79 Å². The van der Waals surface area contributed by atoms with Crippen molar-refractivity contribution < 1.29 is 25.1 Å². The molecule has 2 N–H and O–H groups in total. The Hall–Kier alpha value is -4.28. The predicted octanol–water partition coefficient (Wildman–Crippen LogP) is 4.11. The summed E-state index contributed by atoms with van der Waals surface area (Å²) in [7, 11) is 0. The van der Waals surface area contributed by atoms with Crippen LogP contribution in [0.5, 0.6) is 0 Å². The number of nitrogens with zero attached hydrogens (tertiary/aromatic N) is 6. The quantitative estimate of drug-likeness (QED) is 0.182. The number of aryl methyl sites for hydroxylation is 2. The van der Waals surface area contributed by atoms with Crippen LogP contribution < -0.4 is 18.9 Å². The van der Waals surface area contributed by atoms with Gasteiger partial charge in [-0.05, 0) is 84.4 Å². The average molecular weight is 766 g/mol. The van der Waals surface area contributed by atoms with Crippen molar-refractivity contribution in [3.63, 3.8) is 0 Å². The van der Waals surface area contributed by atoms with Gasteiger partial charge in [-0.1, -0.05) is 111 Å². The normalized spacial score (nSPS) is 25.4. The van der Waals surface area contributed by atoms with Gasteiger partial charge in [0.1, 0.15) is 11.4 Å². The van der Waals surface area contributed by atoms with Gasteiger partial charge >= 0.3 is 18.9 Å². The van der Waals surface area contributed by atoms with Gasteiger partial charge in [-0.2, -0.15) is 30.8 Å². The molecule has 9 nitrogen and oxygen atoms in total. The number of carbonyl (C=O) groups excluding carboxylic acids is 1.